The molecule has 0 atom stereocenters. The van der Waals surface area contributed by atoms with Gasteiger partial charge in [-0.15, -0.1) is 10.2 Å². The number of aromatic hydroxyl groups is 2. The summed E-state index contributed by atoms with van der Waals surface area (Å²) < 4.78 is 0. The topological polar surface area (TPSA) is 78.3 Å². The largest absolute Gasteiger partial charge is 0.504 e. The van der Waals surface area contributed by atoms with Crippen LogP contribution in [0.2, 0.25) is 0 Å². The first-order valence-electron chi connectivity index (χ1n) is 6.26. The van der Waals surface area contributed by atoms with E-state index in [0.717, 1.165) is 41.5 Å². The number of nitrogens with zero attached hydrogens (tertiary/aromatic N) is 2. The molecule has 5 nitrogen and oxygen atoms in total. The second-order valence-corrected chi connectivity index (χ2v) is 5.27. The van der Waals surface area contributed by atoms with Gasteiger partial charge in [-0.3, -0.25) is 0 Å². The highest BCUT2D eigenvalue weighted by Crippen LogP contribution is 2.31. The van der Waals surface area contributed by atoms with Crippen molar-refractivity contribution in [1.29, 1.82) is 0 Å². The number of phenols is 2. The summed E-state index contributed by atoms with van der Waals surface area (Å²) in [6.07, 6.45) is 1.97. The molecule has 0 amide bonds. The third-order valence-corrected chi connectivity index (χ3v) is 3.66. The molecule has 0 bridgehead atoms. The van der Waals surface area contributed by atoms with Gasteiger partial charge in [0.15, 0.2) is 11.5 Å². The second-order valence-electron chi connectivity index (χ2n) is 4.20. The maximum Gasteiger partial charge on any atom is 0.158 e. The Morgan fingerprint density at radius 1 is 1.16 bits per heavy atom. The van der Waals surface area contributed by atoms with Gasteiger partial charge in [0.2, 0.25) is 0 Å². The van der Waals surface area contributed by atoms with Crippen LogP contribution in [0.25, 0.3) is 10.6 Å². The van der Waals surface area contributed by atoms with Crippen LogP contribution in [0.15, 0.2) is 18.2 Å². The van der Waals surface area contributed by atoms with Crippen molar-refractivity contribution >= 4 is 11.3 Å². The van der Waals surface area contributed by atoms with Crippen molar-refractivity contribution in [3.63, 3.8) is 0 Å². The maximum absolute atomic E-state index is 9.47. The molecule has 1 heterocycles. The first-order chi connectivity index (χ1) is 9.20. The van der Waals surface area contributed by atoms with Gasteiger partial charge < -0.3 is 15.5 Å². The van der Waals surface area contributed by atoms with Crippen LogP contribution in [0.1, 0.15) is 18.4 Å². The van der Waals surface area contributed by atoms with Gasteiger partial charge in [0.05, 0.1) is 0 Å². The van der Waals surface area contributed by atoms with E-state index in [1.54, 1.807) is 6.07 Å². The molecule has 1 aromatic carbocycles. The minimum absolute atomic E-state index is 0.128. The Bertz CT molecular complexity index is 542. The third kappa shape index (κ3) is 3.65. The quantitative estimate of drug-likeness (QED) is 0.558. The maximum atomic E-state index is 9.47. The molecule has 0 radical (unpaired) electrons. The molecule has 2 aromatic rings. The zero-order valence-electron chi connectivity index (χ0n) is 10.8. The van der Waals surface area contributed by atoms with E-state index in [2.05, 4.69) is 22.4 Å². The van der Waals surface area contributed by atoms with Gasteiger partial charge >= 0.3 is 0 Å². The molecular formula is C13H17N3O2S. The Kier molecular flexibility index (Phi) is 4.70. The van der Waals surface area contributed by atoms with Gasteiger partial charge in [0.1, 0.15) is 10.0 Å². The summed E-state index contributed by atoms with van der Waals surface area (Å²) in [6, 6.07) is 4.66. The minimum atomic E-state index is -0.140. The van der Waals surface area contributed by atoms with Crippen molar-refractivity contribution in [2.24, 2.45) is 0 Å². The summed E-state index contributed by atoms with van der Waals surface area (Å²) >= 11 is 1.50. The molecule has 0 saturated heterocycles. The first kappa shape index (κ1) is 13.8. The summed E-state index contributed by atoms with van der Waals surface area (Å²) in [4.78, 5) is 0. The Morgan fingerprint density at radius 3 is 2.74 bits per heavy atom. The van der Waals surface area contributed by atoms with Gasteiger partial charge in [-0.2, -0.15) is 0 Å². The number of aromatic nitrogens is 2. The van der Waals surface area contributed by atoms with Crippen molar-refractivity contribution in [3.8, 4) is 22.1 Å². The summed E-state index contributed by atoms with van der Waals surface area (Å²) in [6.45, 7) is 4.04. The highest BCUT2D eigenvalue weighted by molar-refractivity contribution is 7.14. The van der Waals surface area contributed by atoms with Crippen LogP contribution in [0.4, 0.5) is 0 Å². The molecule has 0 fully saturated rings. The summed E-state index contributed by atoms with van der Waals surface area (Å²) in [5, 5.41) is 32.0. The summed E-state index contributed by atoms with van der Waals surface area (Å²) in [5.41, 5.74) is 0.764. The van der Waals surface area contributed by atoms with Gasteiger partial charge in [0, 0.05) is 18.5 Å². The molecule has 0 aliphatic heterocycles. The molecule has 1 aromatic heterocycles. The molecule has 3 N–H and O–H groups in total. The average Bonchev–Trinajstić information content (AvgIpc) is 2.87. The molecule has 102 valence electrons. The van der Waals surface area contributed by atoms with Crippen LogP contribution in [0.5, 0.6) is 11.5 Å². The minimum Gasteiger partial charge on any atom is -0.504 e. The zero-order chi connectivity index (χ0) is 13.7. The van der Waals surface area contributed by atoms with E-state index < -0.39 is 0 Å². The number of hydrogen-bond acceptors (Lipinski definition) is 6. The van der Waals surface area contributed by atoms with Crippen LogP contribution in [0, 0.1) is 0 Å². The number of rotatable bonds is 6. The van der Waals surface area contributed by atoms with Gasteiger partial charge in [-0.05, 0) is 31.2 Å². The smallest absolute Gasteiger partial charge is 0.158 e. The monoisotopic (exact) mass is 279 g/mol. The summed E-state index contributed by atoms with van der Waals surface area (Å²) in [5.74, 6) is -0.267. The Morgan fingerprint density at radius 2 is 2.00 bits per heavy atom. The number of phenolic OH excluding ortho intramolecular Hbond substituents is 2. The van der Waals surface area contributed by atoms with E-state index in [0.29, 0.717) is 0 Å². The van der Waals surface area contributed by atoms with Crippen LogP contribution >= 0.6 is 11.3 Å². The molecule has 0 aliphatic carbocycles. The van der Waals surface area contributed by atoms with Gasteiger partial charge in [-0.25, -0.2) is 0 Å². The number of hydrogen-bond donors (Lipinski definition) is 3. The molecule has 19 heavy (non-hydrogen) atoms. The standard InChI is InChI=1S/C13H17N3O2S/c1-2-6-14-7-5-12-15-16-13(19-12)9-3-4-10(17)11(18)8-9/h3-4,8,14,17-18H,2,5-7H2,1H3. The fraction of sp³-hybridized carbons (Fsp3) is 0.385. The van der Waals surface area contributed by atoms with Crippen molar-refractivity contribution in [1.82, 2.24) is 15.5 Å². The molecular weight excluding hydrogens is 262 g/mol. The van der Waals surface area contributed by atoms with E-state index in [9.17, 15) is 10.2 Å². The molecule has 2 rings (SSSR count). The fourth-order valence-electron chi connectivity index (χ4n) is 1.62. The highest BCUT2D eigenvalue weighted by atomic mass is 32.1. The molecule has 0 aliphatic rings. The first-order valence-corrected chi connectivity index (χ1v) is 7.07. The highest BCUT2D eigenvalue weighted by Gasteiger charge is 2.08. The van der Waals surface area contributed by atoms with E-state index in [4.69, 9.17) is 0 Å². The van der Waals surface area contributed by atoms with Gasteiger partial charge in [0.25, 0.3) is 0 Å². The molecule has 0 saturated carbocycles. The van der Waals surface area contributed by atoms with Crippen LogP contribution in [-0.2, 0) is 6.42 Å². The van der Waals surface area contributed by atoms with E-state index in [1.165, 1.54) is 23.5 Å². The Hall–Kier alpha value is -1.66. The SMILES string of the molecule is CCCNCCc1nnc(-c2ccc(O)c(O)c2)s1. The Labute approximate surface area is 115 Å². The van der Waals surface area contributed by atoms with Crippen LogP contribution in [0.3, 0.4) is 0 Å². The second kappa shape index (κ2) is 6.49. The van der Waals surface area contributed by atoms with Crippen molar-refractivity contribution < 1.29 is 10.2 Å². The molecule has 0 spiro atoms. The van der Waals surface area contributed by atoms with Gasteiger partial charge in [-0.1, -0.05) is 18.3 Å². The zero-order valence-corrected chi connectivity index (χ0v) is 11.6. The Balaban J connectivity index is 2.01. The average molecular weight is 279 g/mol. The molecule has 6 heteroatoms. The lowest BCUT2D eigenvalue weighted by atomic mass is 10.2. The van der Waals surface area contributed by atoms with E-state index in [-0.39, 0.29) is 11.5 Å². The predicted molar refractivity (Wildman–Crippen MR) is 75.5 cm³/mol. The van der Waals surface area contributed by atoms with Crippen molar-refractivity contribution in [3.05, 3.63) is 23.2 Å². The number of nitrogens with one attached hydrogen (secondary N) is 1. The molecule has 0 unspecified atom stereocenters. The van der Waals surface area contributed by atoms with E-state index in [1.807, 2.05) is 0 Å². The lowest BCUT2D eigenvalue weighted by molar-refractivity contribution is 0.404. The fourth-order valence-corrected chi connectivity index (χ4v) is 2.46. The van der Waals surface area contributed by atoms with Crippen molar-refractivity contribution in [2.75, 3.05) is 13.1 Å². The lowest BCUT2D eigenvalue weighted by Crippen LogP contribution is -2.17. The predicted octanol–water partition coefficient (Wildman–Crippen LogP) is 2.16. The van der Waals surface area contributed by atoms with Crippen molar-refractivity contribution in [2.45, 2.75) is 19.8 Å². The van der Waals surface area contributed by atoms with Crippen LogP contribution < -0.4 is 5.32 Å². The number of benzene rings is 1. The van der Waals surface area contributed by atoms with E-state index >= 15 is 0 Å². The summed E-state index contributed by atoms with van der Waals surface area (Å²) in [7, 11) is 0. The lowest BCUT2D eigenvalue weighted by Gasteiger charge is -1.99. The normalized spacial score (nSPS) is 10.8. The van der Waals surface area contributed by atoms with Crippen LogP contribution in [-0.4, -0.2) is 33.5 Å². The third-order valence-electron chi connectivity index (χ3n) is 2.63.